The van der Waals surface area contributed by atoms with Crippen LogP contribution in [0.5, 0.6) is 0 Å². The molecule has 2 heterocycles. The van der Waals surface area contributed by atoms with Crippen molar-refractivity contribution in [2.24, 2.45) is 0 Å². The molecule has 0 saturated heterocycles. The lowest BCUT2D eigenvalue weighted by Crippen LogP contribution is -2.06. The topological polar surface area (TPSA) is 41.6 Å². The number of aromatic nitrogens is 3. The molecule has 0 atom stereocenters. The highest BCUT2D eigenvalue weighted by atomic mass is 32.1. The normalized spacial score (nSPS) is 17.5. The van der Waals surface area contributed by atoms with Crippen molar-refractivity contribution >= 4 is 11.3 Å². The van der Waals surface area contributed by atoms with Crippen molar-refractivity contribution in [3.63, 3.8) is 0 Å². The van der Waals surface area contributed by atoms with E-state index in [0.717, 1.165) is 11.6 Å². The third kappa shape index (κ3) is 2.14. The molecule has 1 fully saturated rings. The standard InChI is InChI=1S/C13H17N3S/c1-9-7-8-17-11(9)13-14-12(15-16-13)10-5-3-2-4-6-10/h7-8,10H,2-6H2,1H3,(H,14,15,16). The highest BCUT2D eigenvalue weighted by Crippen LogP contribution is 2.32. The van der Waals surface area contributed by atoms with Crippen LogP contribution in [0.1, 0.15) is 49.4 Å². The van der Waals surface area contributed by atoms with E-state index in [1.807, 2.05) is 0 Å². The van der Waals surface area contributed by atoms with E-state index in [-0.39, 0.29) is 0 Å². The fourth-order valence-corrected chi connectivity index (χ4v) is 3.40. The number of H-pyrrole nitrogens is 1. The molecule has 0 aromatic carbocycles. The van der Waals surface area contributed by atoms with Gasteiger partial charge in [0.2, 0.25) is 0 Å². The summed E-state index contributed by atoms with van der Waals surface area (Å²) < 4.78 is 0. The Morgan fingerprint density at radius 3 is 2.82 bits per heavy atom. The first kappa shape index (κ1) is 11.0. The number of aryl methyl sites for hydroxylation is 1. The van der Waals surface area contributed by atoms with Crippen LogP contribution >= 0.6 is 11.3 Å². The summed E-state index contributed by atoms with van der Waals surface area (Å²) in [5, 5.41) is 9.60. The number of aromatic amines is 1. The minimum absolute atomic E-state index is 0.602. The van der Waals surface area contributed by atoms with Crippen molar-refractivity contribution in [1.82, 2.24) is 15.2 Å². The monoisotopic (exact) mass is 247 g/mol. The number of rotatable bonds is 2. The third-order valence-electron chi connectivity index (χ3n) is 3.56. The fourth-order valence-electron chi connectivity index (χ4n) is 2.54. The predicted molar refractivity (Wildman–Crippen MR) is 70.3 cm³/mol. The van der Waals surface area contributed by atoms with Crippen molar-refractivity contribution in [2.45, 2.75) is 44.9 Å². The van der Waals surface area contributed by atoms with E-state index >= 15 is 0 Å². The summed E-state index contributed by atoms with van der Waals surface area (Å²) in [6.45, 7) is 2.11. The Morgan fingerprint density at radius 2 is 2.12 bits per heavy atom. The fraction of sp³-hybridized carbons (Fsp3) is 0.538. The van der Waals surface area contributed by atoms with E-state index in [2.05, 4.69) is 33.6 Å². The lowest BCUT2D eigenvalue weighted by atomic mass is 9.89. The molecule has 3 rings (SSSR count). The van der Waals surface area contributed by atoms with Gasteiger partial charge in [-0.3, -0.25) is 5.10 Å². The van der Waals surface area contributed by atoms with Gasteiger partial charge in [-0.25, -0.2) is 4.98 Å². The summed E-state index contributed by atoms with van der Waals surface area (Å²) in [6, 6.07) is 2.12. The van der Waals surface area contributed by atoms with E-state index in [0.29, 0.717) is 5.92 Å². The van der Waals surface area contributed by atoms with Crippen molar-refractivity contribution in [3.8, 4) is 10.7 Å². The van der Waals surface area contributed by atoms with Crippen LogP contribution in [0.2, 0.25) is 0 Å². The average molecular weight is 247 g/mol. The lowest BCUT2D eigenvalue weighted by molar-refractivity contribution is 0.429. The van der Waals surface area contributed by atoms with Gasteiger partial charge in [0.1, 0.15) is 5.82 Å². The second kappa shape index (κ2) is 4.61. The van der Waals surface area contributed by atoms with Crippen molar-refractivity contribution in [1.29, 1.82) is 0 Å². The molecule has 0 spiro atoms. The largest absolute Gasteiger partial charge is 0.262 e. The number of hydrogen-bond donors (Lipinski definition) is 1. The molecule has 1 N–H and O–H groups in total. The minimum atomic E-state index is 0.602. The molecule has 17 heavy (non-hydrogen) atoms. The van der Waals surface area contributed by atoms with Crippen molar-refractivity contribution in [3.05, 3.63) is 22.8 Å². The van der Waals surface area contributed by atoms with Gasteiger partial charge in [0, 0.05) is 5.92 Å². The maximum Gasteiger partial charge on any atom is 0.191 e. The van der Waals surface area contributed by atoms with Crippen LogP contribution in [0.4, 0.5) is 0 Å². The summed E-state index contributed by atoms with van der Waals surface area (Å²) in [6.07, 6.45) is 6.56. The lowest BCUT2D eigenvalue weighted by Gasteiger charge is -2.18. The molecule has 2 aromatic heterocycles. The van der Waals surface area contributed by atoms with E-state index in [9.17, 15) is 0 Å². The molecule has 90 valence electrons. The van der Waals surface area contributed by atoms with E-state index in [1.165, 1.54) is 42.5 Å². The second-order valence-corrected chi connectivity index (χ2v) is 5.73. The first-order chi connectivity index (χ1) is 8.34. The van der Waals surface area contributed by atoms with Gasteiger partial charge in [-0.15, -0.1) is 11.3 Å². The number of thiophene rings is 1. The van der Waals surface area contributed by atoms with Crippen LogP contribution in [0.3, 0.4) is 0 Å². The molecule has 0 unspecified atom stereocenters. The summed E-state index contributed by atoms with van der Waals surface area (Å²) in [4.78, 5) is 5.88. The molecule has 2 aromatic rings. The maximum atomic E-state index is 4.68. The molecule has 0 radical (unpaired) electrons. The van der Waals surface area contributed by atoms with Crippen molar-refractivity contribution in [2.75, 3.05) is 0 Å². The van der Waals surface area contributed by atoms with Crippen LogP contribution in [0.25, 0.3) is 10.7 Å². The van der Waals surface area contributed by atoms with Crippen LogP contribution in [-0.4, -0.2) is 15.2 Å². The van der Waals surface area contributed by atoms with Gasteiger partial charge in [0.15, 0.2) is 5.82 Å². The van der Waals surface area contributed by atoms with E-state index in [1.54, 1.807) is 11.3 Å². The molecular weight excluding hydrogens is 230 g/mol. The van der Waals surface area contributed by atoms with Gasteiger partial charge in [0.25, 0.3) is 0 Å². The summed E-state index contributed by atoms with van der Waals surface area (Å²) in [5.74, 6) is 2.57. The zero-order chi connectivity index (χ0) is 11.7. The van der Waals surface area contributed by atoms with E-state index in [4.69, 9.17) is 0 Å². The first-order valence-electron chi connectivity index (χ1n) is 6.31. The van der Waals surface area contributed by atoms with Gasteiger partial charge in [-0.05, 0) is 36.8 Å². The van der Waals surface area contributed by atoms with Gasteiger partial charge in [-0.2, -0.15) is 5.10 Å². The third-order valence-corrected chi connectivity index (χ3v) is 4.57. The minimum Gasteiger partial charge on any atom is -0.262 e. The number of nitrogens with zero attached hydrogens (tertiary/aromatic N) is 2. The summed E-state index contributed by atoms with van der Waals surface area (Å²) in [7, 11) is 0. The van der Waals surface area contributed by atoms with Crippen LogP contribution in [-0.2, 0) is 0 Å². The molecule has 1 saturated carbocycles. The quantitative estimate of drug-likeness (QED) is 0.874. The van der Waals surface area contributed by atoms with Crippen molar-refractivity contribution < 1.29 is 0 Å². The molecular formula is C13H17N3S. The summed E-state index contributed by atoms with van der Waals surface area (Å²) >= 11 is 1.72. The van der Waals surface area contributed by atoms with Gasteiger partial charge < -0.3 is 0 Å². The molecule has 0 aliphatic heterocycles. The zero-order valence-corrected chi connectivity index (χ0v) is 10.9. The molecule has 1 aliphatic carbocycles. The van der Waals surface area contributed by atoms with Gasteiger partial charge in [0.05, 0.1) is 4.88 Å². The Hall–Kier alpha value is -1.16. The smallest absolute Gasteiger partial charge is 0.191 e. The highest BCUT2D eigenvalue weighted by molar-refractivity contribution is 7.13. The average Bonchev–Trinajstić information content (AvgIpc) is 2.98. The van der Waals surface area contributed by atoms with Crippen LogP contribution in [0, 0.1) is 6.92 Å². The van der Waals surface area contributed by atoms with Crippen LogP contribution < -0.4 is 0 Å². The first-order valence-corrected chi connectivity index (χ1v) is 7.19. The Balaban J connectivity index is 1.85. The maximum absolute atomic E-state index is 4.68. The molecule has 0 amide bonds. The van der Waals surface area contributed by atoms with Gasteiger partial charge in [-0.1, -0.05) is 19.3 Å². The molecule has 4 heteroatoms. The van der Waals surface area contributed by atoms with E-state index < -0.39 is 0 Å². The number of hydrogen-bond acceptors (Lipinski definition) is 3. The Bertz CT molecular complexity index is 494. The Kier molecular flexibility index (Phi) is 2.97. The molecule has 1 aliphatic rings. The Labute approximate surface area is 105 Å². The summed E-state index contributed by atoms with van der Waals surface area (Å²) in [5.41, 5.74) is 1.27. The second-order valence-electron chi connectivity index (χ2n) is 4.81. The Morgan fingerprint density at radius 1 is 1.29 bits per heavy atom. The zero-order valence-electron chi connectivity index (χ0n) is 10.1. The van der Waals surface area contributed by atoms with Crippen LogP contribution in [0.15, 0.2) is 11.4 Å². The SMILES string of the molecule is Cc1ccsc1-c1n[nH]c(C2CCCCC2)n1. The van der Waals surface area contributed by atoms with Gasteiger partial charge >= 0.3 is 0 Å². The number of nitrogens with one attached hydrogen (secondary N) is 1. The highest BCUT2D eigenvalue weighted by Gasteiger charge is 2.20. The molecule has 3 nitrogen and oxygen atoms in total. The predicted octanol–water partition coefficient (Wildman–Crippen LogP) is 3.89. The molecule has 0 bridgehead atoms.